The SMILES string of the molecule is Nc1cccc(-c2c3c(nn2CCO)C2CCN3CC2)c1. The van der Waals surface area contributed by atoms with Crippen LogP contribution in [0.4, 0.5) is 11.4 Å². The van der Waals surface area contributed by atoms with Gasteiger partial charge in [-0.3, -0.25) is 4.68 Å². The number of fused-ring (bicyclic) bond motifs is 2. The third kappa shape index (κ3) is 1.92. The minimum atomic E-state index is 0.0978. The summed E-state index contributed by atoms with van der Waals surface area (Å²) in [6.45, 7) is 2.84. The Labute approximate surface area is 124 Å². The van der Waals surface area contributed by atoms with Crippen molar-refractivity contribution in [3.63, 3.8) is 0 Å². The molecule has 0 radical (unpaired) electrons. The maximum atomic E-state index is 9.36. The van der Waals surface area contributed by atoms with E-state index >= 15 is 0 Å². The average molecular weight is 284 g/mol. The van der Waals surface area contributed by atoms with Crippen molar-refractivity contribution in [3.8, 4) is 11.3 Å². The number of aliphatic hydroxyl groups is 1. The van der Waals surface area contributed by atoms with Gasteiger partial charge in [0.05, 0.1) is 30.2 Å². The first-order chi connectivity index (χ1) is 10.3. The van der Waals surface area contributed by atoms with Crippen LogP contribution in [-0.4, -0.2) is 34.6 Å². The molecule has 5 rings (SSSR count). The van der Waals surface area contributed by atoms with Crippen LogP contribution < -0.4 is 10.6 Å². The lowest BCUT2D eigenvalue weighted by Gasteiger charge is -2.39. The highest BCUT2D eigenvalue weighted by Gasteiger charge is 2.36. The van der Waals surface area contributed by atoms with Crippen molar-refractivity contribution in [1.29, 1.82) is 0 Å². The molecule has 110 valence electrons. The molecule has 0 aliphatic carbocycles. The minimum absolute atomic E-state index is 0.0978. The molecule has 3 N–H and O–H groups in total. The first-order valence-corrected chi connectivity index (χ1v) is 7.60. The maximum absolute atomic E-state index is 9.36. The Balaban J connectivity index is 1.92. The number of hydrogen-bond acceptors (Lipinski definition) is 4. The summed E-state index contributed by atoms with van der Waals surface area (Å²) < 4.78 is 1.95. The van der Waals surface area contributed by atoms with E-state index in [2.05, 4.69) is 11.0 Å². The first kappa shape index (κ1) is 12.7. The average Bonchev–Trinajstić information content (AvgIpc) is 2.90. The molecule has 4 heterocycles. The van der Waals surface area contributed by atoms with Crippen LogP contribution in [0, 0.1) is 0 Å². The maximum Gasteiger partial charge on any atom is 0.0921 e. The number of benzene rings is 1. The largest absolute Gasteiger partial charge is 0.399 e. The van der Waals surface area contributed by atoms with Crippen molar-refractivity contribution in [2.75, 3.05) is 30.3 Å². The molecule has 0 unspecified atom stereocenters. The van der Waals surface area contributed by atoms with Crippen LogP contribution in [0.15, 0.2) is 24.3 Å². The second-order valence-electron chi connectivity index (χ2n) is 5.92. The lowest BCUT2D eigenvalue weighted by atomic mass is 9.86. The number of anilines is 2. The highest BCUT2D eigenvalue weighted by molar-refractivity contribution is 5.81. The number of nitrogen functional groups attached to an aromatic ring is 1. The Morgan fingerprint density at radius 3 is 2.81 bits per heavy atom. The summed E-state index contributed by atoms with van der Waals surface area (Å²) >= 11 is 0. The van der Waals surface area contributed by atoms with Crippen LogP contribution >= 0.6 is 0 Å². The monoisotopic (exact) mass is 284 g/mol. The van der Waals surface area contributed by atoms with Gasteiger partial charge in [0.2, 0.25) is 0 Å². The van der Waals surface area contributed by atoms with Gasteiger partial charge >= 0.3 is 0 Å². The molecule has 3 aliphatic rings. The normalized spacial score (nSPS) is 17.3. The molecule has 2 aromatic rings. The molecule has 21 heavy (non-hydrogen) atoms. The summed E-state index contributed by atoms with van der Waals surface area (Å²) in [6, 6.07) is 7.94. The van der Waals surface area contributed by atoms with E-state index in [0.29, 0.717) is 12.5 Å². The van der Waals surface area contributed by atoms with Crippen molar-refractivity contribution < 1.29 is 5.11 Å². The highest BCUT2D eigenvalue weighted by atomic mass is 16.3. The summed E-state index contributed by atoms with van der Waals surface area (Å²) in [4.78, 5) is 2.44. The molecule has 1 fully saturated rings. The van der Waals surface area contributed by atoms with Crippen LogP contribution in [0.1, 0.15) is 24.5 Å². The fourth-order valence-electron chi connectivity index (χ4n) is 3.66. The molecule has 1 saturated heterocycles. The molecular formula is C16H20N4O. The smallest absolute Gasteiger partial charge is 0.0921 e. The number of rotatable bonds is 3. The van der Waals surface area contributed by atoms with Crippen LogP contribution in [0.3, 0.4) is 0 Å². The van der Waals surface area contributed by atoms with Crippen LogP contribution in [0.25, 0.3) is 11.3 Å². The van der Waals surface area contributed by atoms with E-state index in [1.54, 1.807) is 0 Å². The van der Waals surface area contributed by atoms with Crippen molar-refractivity contribution in [3.05, 3.63) is 30.0 Å². The van der Waals surface area contributed by atoms with Crippen molar-refractivity contribution in [1.82, 2.24) is 9.78 Å². The number of aliphatic hydroxyl groups excluding tert-OH is 1. The standard InChI is InChI=1S/C16H20N4O/c17-13-3-1-2-12(10-13)15-16-14(18-20(15)8-9-21)11-4-6-19(16)7-5-11/h1-3,10-11,21H,4-9,17H2. The van der Waals surface area contributed by atoms with Crippen LogP contribution in [0.2, 0.25) is 0 Å². The van der Waals surface area contributed by atoms with Gasteiger partial charge in [-0.2, -0.15) is 5.10 Å². The lowest BCUT2D eigenvalue weighted by Crippen LogP contribution is -2.38. The van der Waals surface area contributed by atoms with Gasteiger partial charge in [0.1, 0.15) is 0 Å². The van der Waals surface area contributed by atoms with Gasteiger partial charge in [-0.25, -0.2) is 0 Å². The molecule has 3 aliphatic heterocycles. The van der Waals surface area contributed by atoms with Crippen molar-refractivity contribution in [2.24, 2.45) is 0 Å². The summed E-state index contributed by atoms with van der Waals surface area (Å²) in [5, 5.41) is 14.2. The highest BCUT2D eigenvalue weighted by Crippen LogP contribution is 2.46. The van der Waals surface area contributed by atoms with E-state index in [4.69, 9.17) is 10.8 Å². The predicted molar refractivity (Wildman–Crippen MR) is 83.3 cm³/mol. The van der Waals surface area contributed by atoms with Gasteiger partial charge in [0.15, 0.2) is 0 Å². The Morgan fingerprint density at radius 1 is 1.29 bits per heavy atom. The molecule has 0 spiro atoms. The van der Waals surface area contributed by atoms with E-state index in [9.17, 15) is 5.11 Å². The van der Waals surface area contributed by atoms with E-state index < -0.39 is 0 Å². The zero-order valence-electron chi connectivity index (χ0n) is 12.0. The Bertz CT molecular complexity index is 671. The topological polar surface area (TPSA) is 67.3 Å². The Morgan fingerprint density at radius 2 is 2.10 bits per heavy atom. The molecular weight excluding hydrogens is 264 g/mol. The van der Waals surface area contributed by atoms with Gasteiger partial charge in [-0.15, -0.1) is 0 Å². The van der Waals surface area contributed by atoms with E-state index in [1.165, 1.54) is 24.2 Å². The quantitative estimate of drug-likeness (QED) is 0.844. The zero-order chi connectivity index (χ0) is 14.4. The molecule has 1 aromatic heterocycles. The predicted octanol–water partition coefficient (Wildman–Crippen LogP) is 1.82. The third-order valence-corrected chi connectivity index (χ3v) is 4.62. The molecule has 1 aromatic carbocycles. The van der Waals surface area contributed by atoms with Crippen molar-refractivity contribution in [2.45, 2.75) is 25.3 Å². The summed E-state index contributed by atoms with van der Waals surface area (Å²) in [7, 11) is 0. The fourth-order valence-corrected chi connectivity index (χ4v) is 3.66. The summed E-state index contributed by atoms with van der Waals surface area (Å²) in [5.74, 6) is 0.574. The Kier molecular flexibility index (Phi) is 2.89. The van der Waals surface area contributed by atoms with Gasteiger partial charge in [0, 0.05) is 30.3 Å². The Hall–Kier alpha value is -2.01. The minimum Gasteiger partial charge on any atom is -0.399 e. The van der Waals surface area contributed by atoms with E-state index in [-0.39, 0.29) is 6.61 Å². The lowest BCUT2D eigenvalue weighted by molar-refractivity contribution is 0.269. The van der Waals surface area contributed by atoms with Crippen LogP contribution in [-0.2, 0) is 6.54 Å². The number of nitrogens with two attached hydrogens (primary N) is 1. The van der Waals surface area contributed by atoms with E-state index in [1.807, 2.05) is 22.9 Å². The summed E-state index contributed by atoms with van der Waals surface area (Å²) in [6.07, 6.45) is 2.39. The molecule has 0 atom stereocenters. The summed E-state index contributed by atoms with van der Waals surface area (Å²) in [5.41, 5.74) is 11.4. The molecule has 2 bridgehead atoms. The van der Waals surface area contributed by atoms with Crippen molar-refractivity contribution >= 4 is 11.4 Å². The van der Waals surface area contributed by atoms with E-state index in [0.717, 1.165) is 30.0 Å². The molecule has 0 saturated carbocycles. The first-order valence-electron chi connectivity index (χ1n) is 7.60. The fraction of sp³-hybridized carbons (Fsp3) is 0.438. The molecule has 5 heteroatoms. The number of hydrogen-bond donors (Lipinski definition) is 2. The van der Waals surface area contributed by atoms with Crippen LogP contribution in [0.5, 0.6) is 0 Å². The number of aromatic nitrogens is 2. The number of nitrogens with zero attached hydrogens (tertiary/aromatic N) is 3. The van der Waals surface area contributed by atoms with Gasteiger partial charge in [0.25, 0.3) is 0 Å². The third-order valence-electron chi connectivity index (χ3n) is 4.62. The second-order valence-corrected chi connectivity index (χ2v) is 5.92. The molecule has 0 amide bonds. The molecule has 5 nitrogen and oxygen atoms in total. The second kappa shape index (κ2) is 4.77. The van der Waals surface area contributed by atoms with Gasteiger partial charge < -0.3 is 15.7 Å². The zero-order valence-corrected chi connectivity index (χ0v) is 12.0. The van der Waals surface area contributed by atoms with Gasteiger partial charge in [-0.1, -0.05) is 12.1 Å². The number of piperidine rings is 1. The van der Waals surface area contributed by atoms with Gasteiger partial charge in [-0.05, 0) is 25.0 Å².